The van der Waals surface area contributed by atoms with Crippen molar-refractivity contribution < 1.29 is 0 Å². The normalized spacial score (nSPS) is 17.4. The number of unbranched alkanes of at least 4 members (excludes halogenated alkanes) is 2. The number of rotatable bonds is 4. The number of hydrogen-bond donors (Lipinski definition) is 1. The quantitative estimate of drug-likeness (QED) is 0.615. The van der Waals surface area contributed by atoms with Gasteiger partial charge in [0, 0.05) is 19.5 Å². The first-order valence-corrected chi connectivity index (χ1v) is 4.70. The van der Waals surface area contributed by atoms with Crippen molar-refractivity contribution >= 4 is 5.84 Å². The first kappa shape index (κ1) is 8.57. The molecule has 0 fully saturated rings. The van der Waals surface area contributed by atoms with Crippen LogP contribution < -0.4 is 5.32 Å². The summed E-state index contributed by atoms with van der Waals surface area (Å²) in [6, 6.07) is 0. The standard InChI is InChI=1S/C9H18N2/c1-2-3-4-6-9-10-7-5-8-11-9/h2-8H2,1H3,(H,10,11). The summed E-state index contributed by atoms with van der Waals surface area (Å²) in [5, 5.41) is 3.33. The molecule has 0 aromatic rings. The summed E-state index contributed by atoms with van der Waals surface area (Å²) in [5.74, 6) is 1.24. The Bertz CT molecular complexity index is 130. The van der Waals surface area contributed by atoms with Crippen LogP contribution in [0.25, 0.3) is 0 Å². The van der Waals surface area contributed by atoms with Gasteiger partial charge in [0.2, 0.25) is 0 Å². The third kappa shape index (κ3) is 3.40. The Balaban J connectivity index is 2.09. The van der Waals surface area contributed by atoms with Gasteiger partial charge in [0.15, 0.2) is 0 Å². The Morgan fingerprint density at radius 2 is 2.36 bits per heavy atom. The molecular formula is C9H18N2. The predicted molar refractivity (Wildman–Crippen MR) is 49.1 cm³/mol. The van der Waals surface area contributed by atoms with Crippen molar-refractivity contribution in [2.24, 2.45) is 4.99 Å². The van der Waals surface area contributed by atoms with E-state index in [4.69, 9.17) is 0 Å². The highest BCUT2D eigenvalue weighted by Gasteiger charge is 2.01. The molecule has 0 saturated heterocycles. The van der Waals surface area contributed by atoms with Crippen molar-refractivity contribution in [2.45, 2.75) is 39.0 Å². The summed E-state index contributed by atoms with van der Waals surface area (Å²) >= 11 is 0. The SMILES string of the molecule is CCCCCC1=NCCCN1. The van der Waals surface area contributed by atoms with Gasteiger partial charge in [-0.05, 0) is 12.8 Å². The number of amidine groups is 1. The summed E-state index contributed by atoms with van der Waals surface area (Å²) in [6.45, 7) is 4.40. The molecule has 0 aromatic heterocycles. The molecule has 64 valence electrons. The van der Waals surface area contributed by atoms with Gasteiger partial charge in [-0.2, -0.15) is 0 Å². The van der Waals surface area contributed by atoms with Crippen LogP contribution in [0.1, 0.15) is 39.0 Å². The van der Waals surface area contributed by atoms with E-state index in [-0.39, 0.29) is 0 Å². The van der Waals surface area contributed by atoms with E-state index < -0.39 is 0 Å². The van der Waals surface area contributed by atoms with E-state index in [1.165, 1.54) is 31.5 Å². The molecule has 1 heterocycles. The van der Waals surface area contributed by atoms with E-state index in [2.05, 4.69) is 17.2 Å². The largest absolute Gasteiger partial charge is 0.374 e. The fourth-order valence-electron chi connectivity index (χ4n) is 1.29. The lowest BCUT2D eigenvalue weighted by Gasteiger charge is -2.13. The molecule has 0 amide bonds. The van der Waals surface area contributed by atoms with E-state index in [1.54, 1.807) is 0 Å². The summed E-state index contributed by atoms with van der Waals surface area (Å²) < 4.78 is 0. The Morgan fingerprint density at radius 3 is 3.00 bits per heavy atom. The zero-order valence-corrected chi connectivity index (χ0v) is 7.40. The van der Waals surface area contributed by atoms with Crippen LogP contribution in [0.15, 0.2) is 4.99 Å². The maximum atomic E-state index is 4.41. The zero-order chi connectivity index (χ0) is 7.94. The molecule has 0 aliphatic carbocycles. The van der Waals surface area contributed by atoms with Gasteiger partial charge in [-0.3, -0.25) is 4.99 Å². The molecule has 2 heteroatoms. The van der Waals surface area contributed by atoms with Crippen molar-refractivity contribution in [1.29, 1.82) is 0 Å². The molecule has 0 saturated carbocycles. The summed E-state index contributed by atoms with van der Waals surface area (Å²) in [6.07, 6.45) is 6.29. The second kappa shape index (κ2) is 5.16. The fraction of sp³-hybridized carbons (Fsp3) is 0.889. The predicted octanol–water partition coefficient (Wildman–Crippen LogP) is 1.96. The van der Waals surface area contributed by atoms with Crippen LogP contribution in [0.4, 0.5) is 0 Å². The third-order valence-corrected chi connectivity index (χ3v) is 1.98. The van der Waals surface area contributed by atoms with Gasteiger partial charge in [0.05, 0.1) is 5.84 Å². The average Bonchev–Trinajstić information content (AvgIpc) is 2.07. The van der Waals surface area contributed by atoms with Crippen molar-refractivity contribution in [3.05, 3.63) is 0 Å². The summed E-state index contributed by atoms with van der Waals surface area (Å²) in [4.78, 5) is 4.41. The molecule has 0 aromatic carbocycles. The Kier molecular flexibility index (Phi) is 4.02. The van der Waals surface area contributed by atoms with Gasteiger partial charge >= 0.3 is 0 Å². The van der Waals surface area contributed by atoms with Gasteiger partial charge in [-0.1, -0.05) is 19.8 Å². The Labute approximate surface area is 69.1 Å². The average molecular weight is 154 g/mol. The molecule has 0 bridgehead atoms. The molecule has 0 atom stereocenters. The zero-order valence-electron chi connectivity index (χ0n) is 7.40. The van der Waals surface area contributed by atoms with E-state index in [9.17, 15) is 0 Å². The first-order chi connectivity index (χ1) is 5.43. The van der Waals surface area contributed by atoms with Gasteiger partial charge < -0.3 is 5.32 Å². The molecule has 1 N–H and O–H groups in total. The molecular weight excluding hydrogens is 136 g/mol. The van der Waals surface area contributed by atoms with Gasteiger partial charge in [-0.25, -0.2) is 0 Å². The maximum Gasteiger partial charge on any atom is 0.0963 e. The van der Waals surface area contributed by atoms with Crippen LogP contribution >= 0.6 is 0 Å². The topological polar surface area (TPSA) is 24.4 Å². The second-order valence-electron chi connectivity index (χ2n) is 3.07. The number of hydrogen-bond acceptors (Lipinski definition) is 2. The van der Waals surface area contributed by atoms with Crippen LogP contribution in [0.5, 0.6) is 0 Å². The molecule has 1 aliphatic rings. The van der Waals surface area contributed by atoms with Crippen LogP contribution in [-0.2, 0) is 0 Å². The van der Waals surface area contributed by atoms with Crippen LogP contribution in [0.3, 0.4) is 0 Å². The lowest BCUT2D eigenvalue weighted by molar-refractivity contribution is 0.688. The lowest BCUT2D eigenvalue weighted by atomic mass is 10.2. The Morgan fingerprint density at radius 1 is 1.45 bits per heavy atom. The van der Waals surface area contributed by atoms with Gasteiger partial charge in [0.25, 0.3) is 0 Å². The van der Waals surface area contributed by atoms with E-state index in [0.717, 1.165) is 19.5 Å². The maximum absolute atomic E-state index is 4.41. The monoisotopic (exact) mass is 154 g/mol. The third-order valence-electron chi connectivity index (χ3n) is 1.98. The molecule has 1 rings (SSSR count). The minimum atomic E-state index is 1.04. The Hall–Kier alpha value is -0.530. The molecule has 0 spiro atoms. The van der Waals surface area contributed by atoms with Crippen LogP contribution in [0.2, 0.25) is 0 Å². The van der Waals surface area contributed by atoms with Gasteiger partial charge in [0.1, 0.15) is 0 Å². The number of nitrogens with zero attached hydrogens (tertiary/aromatic N) is 1. The second-order valence-corrected chi connectivity index (χ2v) is 3.07. The minimum absolute atomic E-state index is 1.04. The molecule has 1 aliphatic heterocycles. The van der Waals surface area contributed by atoms with E-state index >= 15 is 0 Å². The van der Waals surface area contributed by atoms with Crippen LogP contribution in [-0.4, -0.2) is 18.9 Å². The van der Waals surface area contributed by atoms with Crippen molar-refractivity contribution in [1.82, 2.24) is 5.32 Å². The molecule has 2 nitrogen and oxygen atoms in total. The first-order valence-electron chi connectivity index (χ1n) is 4.70. The van der Waals surface area contributed by atoms with Gasteiger partial charge in [-0.15, -0.1) is 0 Å². The highest BCUT2D eigenvalue weighted by Crippen LogP contribution is 2.01. The molecule has 0 radical (unpaired) electrons. The molecule has 11 heavy (non-hydrogen) atoms. The summed E-state index contributed by atoms with van der Waals surface area (Å²) in [7, 11) is 0. The number of aliphatic imine (C=N–C) groups is 1. The highest BCUT2D eigenvalue weighted by atomic mass is 15.0. The van der Waals surface area contributed by atoms with Crippen molar-refractivity contribution in [3.8, 4) is 0 Å². The fourth-order valence-corrected chi connectivity index (χ4v) is 1.29. The molecule has 0 unspecified atom stereocenters. The smallest absolute Gasteiger partial charge is 0.0963 e. The van der Waals surface area contributed by atoms with Crippen molar-refractivity contribution in [3.63, 3.8) is 0 Å². The minimum Gasteiger partial charge on any atom is -0.374 e. The highest BCUT2D eigenvalue weighted by molar-refractivity contribution is 5.82. The summed E-state index contributed by atoms with van der Waals surface area (Å²) in [5.41, 5.74) is 0. The lowest BCUT2D eigenvalue weighted by Crippen LogP contribution is -2.29. The number of nitrogens with one attached hydrogen (secondary N) is 1. The van der Waals surface area contributed by atoms with Crippen LogP contribution in [0, 0.1) is 0 Å². The van der Waals surface area contributed by atoms with Crippen molar-refractivity contribution in [2.75, 3.05) is 13.1 Å². The van der Waals surface area contributed by atoms with E-state index in [0.29, 0.717) is 0 Å². The van der Waals surface area contributed by atoms with E-state index in [1.807, 2.05) is 0 Å².